The lowest BCUT2D eigenvalue weighted by atomic mass is 10.1. The lowest BCUT2D eigenvalue weighted by molar-refractivity contribution is 0.0680. The minimum Gasteiger partial charge on any atom is -0.340 e. The first kappa shape index (κ1) is 18.9. The van der Waals surface area contributed by atoms with Crippen molar-refractivity contribution in [3.05, 3.63) is 69.4 Å². The predicted octanol–water partition coefficient (Wildman–Crippen LogP) is 4.46. The Morgan fingerprint density at radius 1 is 1.26 bits per heavy atom. The van der Waals surface area contributed by atoms with Gasteiger partial charge >= 0.3 is 0 Å². The summed E-state index contributed by atoms with van der Waals surface area (Å²) in [4.78, 5) is 25.0. The van der Waals surface area contributed by atoms with Gasteiger partial charge in [-0.3, -0.25) is 4.79 Å². The van der Waals surface area contributed by atoms with Gasteiger partial charge in [-0.25, -0.2) is 9.37 Å². The largest absolute Gasteiger partial charge is 0.340 e. The zero-order chi connectivity index (χ0) is 21.3. The Bertz CT molecular complexity index is 1320. The van der Waals surface area contributed by atoms with Gasteiger partial charge in [0.25, 0.3) is 5.91 Å². The van der Waals surface area contributed by atoms with Crippen LogP contribution in [0.5, 0.6) is 0 Å². The maximum absolute atomic E-state index is 14.0. The molecule has 0 spiro atoms. The van der Waals surface area contributed by atoms with Gasteiger partial charge in [0.15, 0.2) is 0 Å². The highest BCUT2D eigenvalue weighted by atomic mass is 79.9. The lowest BCUT2D eigenvalue weighted by Crippen LogP contribution is -2.39. The molecule has 31 heavy (non-hydrogen) atoms. The van der Waals surface area contributed by atoms with Crippen molar-refractivity contribution in [2.45, 2.75) is 18.4 Å². The van der Waals surface area contributed by atoms with Crippen LogP contribution >= 0.6 is 27.5 Å². The molecule has 2 atom stereocenters. The number of rotatable bonds is 3. The van der Waals surface area contributed by atoms with Crippen LogP contribution in [0.25, 0.3) is 16.7 Å². The number of hydrogen-bond donors (Lipinski definition) is 1. The molecule has 1 amide bonds. The molecule has 1 saturated carbocycles. The van der Waals surface area contributed by atoms with Gasteiger partial charge in [0.05, 0.1) is 39.2 Å². The van der Waals surface area contributed by atoms with Crippen molar-refractivity contribution in [2.24, 2.45) is 5.92 Å². The normalized spacial score (nSPS) is 22.2. The third-order valence-electron chi connectivity index (χ3n) is 6.26. The Balaban J connectivity index is 1.44. The number of carbonyl (C=O) groups excluding carboxylic acids is 1. The molecule has 4 aromatic rings. The standard InChI is InChI=1S/C21H15BrClFN6O/c22-14-8-16-17(9-15(14)24)28-20(27-16)21-10-11(21)3-6-29(21)19(31)13-7-12(23)1-2-18(13)30-25-4-5-26-30/h1-2,4-5,7-9,11H,3,6,10H2,(H,27,28)/t11-,21+/m1/s1. The van der Waals surface area contributed by atoms with E-state index in [9.17, 15) is 9.18 Å². The van der Waals surface area contributed by atoms with Crippen LogP contribution in [0.2, 0.25) is 5.02 Å². The summed E-state index contributed by atoms with van der Waals surface area (Å²) in [5, 5.41) is 8.80. The summed E-state index contributed by atoms with van der Waals surface area (Å²) in [7, 11) is 0. The van der Waals surface area contributed by atoms with Gasteiger partial charge in [0.2, 0.25) is 0 Å². The van der Waals surface area contributed by atoms with Crippen molar-refractivity contribution in [2.75, 3.05) is 6.54 Å². The van der Waals surface area contributed by atoms with Crippen molar-refractivity contribution < 1.29 is 9.18 Å². The van der Waals surface area contributed by atoms with Gasteiger partial charge in [-0.15, -0.1) is 0 Å². The molecule has 0 unspecified atom stereocenters. The summed E-state index contributed by atoms with van der Waals surface area (Å²) in [5.74, 6) is 0.486. The van der Waals surface area contributed by atoms with Crippen LogP contribution in [0.4, 0.5) is 4.39 Å². The van der Waals surface area contributed by atoms with E-state index in [0.717, 1.165) is 18.4 Å². The van der Waals surface area contributed by atoms with Crippen LogP contribution in [0.1, 0.15) is 29.0 Å². The van der Waals surface area contributed by atoms with E-state index in [4.69, 9.17) is 11.6 Å². The van der Waals surface area contributed by atoms with Gasteiger partial charge < -0.3 is 9.88 Å². The quantitative estimate of drug-likeness (QED) is 0.449. The molecule has 2 aromatic heterocycles. The van der Waals surface area contributed by atoms with E-state index in [1.165, 1.54) is 10.9 Å². The Hall–Kier alpha value is -2.78. The molecular formula is C21H15BrClFN6O. The Morgan fingerprint density at radius 2 is 2.06 bits per heavy atom. The third kappa shape index (κ3) is 2.76. The van der Waals surface area contributed by atoms with Gasteiger partial charge in [-0.05, 0) is 59.0 Å². The average molecular weight is 502 g/mol. The number of hydrogen-bond acceptors (Lipinski definition) is 4. The predicted molar refractivity (Wildman–Crippen MR) is 116 cm³/mol. The molecule has 1 saturated heterocycles. The van der Waals surface area contributed by atoms with E-state index >= 15 is 0 Å². The minimum absolute atomic E-state index is 0.150. The van der Waals surface area contributed by atoms with Crippen LogP contribution in [-0.2, 0) is 5.54 Å². The number of aromatic amines is 1. The number of carbonyl (C=O) groups is 1. The molecule has 1 aliphatic heterocycles. The highest BCUT2D eigenvalue weighted by Gasteiger charge is 2.66. The van der Waals surface area contributed by atoms with Gasteiger partial charge in [-0.1, -0.05) is 11.6 Å². The van der Waals surface area contributed by atoms with Crippen LogP contribution in [0, 0.1) is 11.7 Å². The number of imidazole rings is 1. The van der Waals surface area contributed by atoms with Crippen LogP contribution in [-0.4, -0.2) is 42.3 Å². The van der Waals surface area contributed by atoms with Crippen molar-refractivity contribution in [1.29, 1.82) is 0 Å². The molecule has 3 heterocycles. The van der Waals surface area contributed by atoms with Crippen molar-refractivity contribution in [3.63, 3.8) is 0 Å². The fraction of sp³-hybridized carbons (Fsp3) is 0.238. The Labute approximate surface area is 189 Å². The van der Waals surface area contributed by atoms with E-state index in [2.05, 4.69) is 36.1 Å². The van der Waals surface area contributed by atoms with E-state index in [1.807, 2.05) is 4.90 Å². The number of amides is 1. The van der Waals surface area contributed by atoms with Crippen LogP contribution < -0.4 is 0 Å². The number of likely N-dealkylation sites (tertiary alicyclic amines) is 1. The van der Waals surface area contributed by atoms with Crippen molar-refractivity contribution >= 4 is 44.5 Å². The van der Waals surface area contributed by atoms with E-state index in [0.29, 0.717) is 44.5 Å². The highest BCUT2D eigenvalue weighted by molar-refractivity contribution is 9.10. The van der Waals surface area contributed by atoms with Crippen LogP contribution in [0.3, 0.4) is 0 Å². The molecule has 6 rings (SSSR count). The summed E-state index contributed by atoms with van der Waals surface area (Å²) in [6.45, 7) is 0.608. The summed E-state index contributed by atoms with van der Waals surface area (Å²) in [5.41, 5.74) is 1.75. The first-order valence-electron chi connectivity index (χ1n) is 9.81. The molecule has 0 bridgehead atoms. The average Bonchev–Trinajstić information content (AvgIpc) is 3.16. The summed E-state index contributed by atoms with van der Waals surface area (Å²) >= 11 is 9.45. The monoisotopic (exact) mass is 500 g/mol. The summed E-state index contributed by atoms with van der Waals surface area (Å²) in [6, 6.07) is 8.17. The second kappa shape index (κ2) is 6.61. The first-order chi connectivity index (χ1) is 15.0. The second-order valence-corrected chi connectivity index (χ2v) is 9.21. The summed E-state index contributed by atoms with van der Waals surface area (Å²) in [6.07, 6.45) is 4.82. The molecule has 1 aliphatic carbocycles. The third-order valence-corrected chi connectivity index (χ3v) is 7.10. The molecule has 7 nitrogen and oxygen atoms in total. The molecule has 0 radical (unpaired) electrons. The number of nitrogens with zero attached hydrogens (tertiary/aromatic N) is 5. The Morgan fingerprint density at radius 3 is 2.84 bits per heavy atom. The molecule has 1 N–H and O–H groups in total. The lowest BCUT2D eigenvalue weighted by Gasteiger charge is -2.28. The first-order valence-corrected chi connectivity index (χ1v) is 11.0. The fourth-order valence-corrected chi connectivity index (χ4v) is 5.24. The number of H-pyrrole nitrogens is 1. The molecule has 2 aromatic carbocycles. The topological polar surface area (TPSA) is 79.7 Å². The number of benzene rings is 2. The highest BCUT2D eigenvalue weighted by Crippen LogP contribution is 2.62. The summed E-state index contributed by atoms with van der Waals surface area (Å²) < 4.78 is 14.4. The van der Waals surface area contributed by atoms with Gasteiger partial charge in [0.1, 0.15) is 17.2 Å². The van der Waals surface area contributed by atoms with Gasteiger partial charge in [-0.2, -0.15) is 15.0 Å². The molecular weight excluding hydrogens is 487 g/mol. The zero-order valence-electron chi connectivity index (χ0n) is 16.0. The number of nitrogens with one attached hydrogen (secondary N) is 1. The van der Waals surface area contributed by atoms with E-state index in [1.54, 1.807) is 36.7 Å². The van der Waals surface area contributed by atoms with Crippen molar-refractivity contribution in [3.8, 4) is 5.69 Å². The van der Waals surface area contributed by atoms with E-state index in [-0.39, 0.29) is 11.7 Å². The van der Waals surface area contributed by atoms with Crippen LogP contribution in [0.15, 0.2) is 47.2 Å². The molecule has 2 aliphatic rings. The van der Waals surface area contributed by atoms with E-state index < -0.39 is 5.54 Å². The maximum atomic E-state index is 14.0. The fourth-order valence-electron chi connectivity index (χ4n) is 4.72. The Kier molecular flexibility index (Phi) is 4.04. The molecule has 2 fully saturated rings. The maximum Gasteiger partial charge on any atom is 0.257 e. The zero-order valence-corrected chi connectivity index (χ0v) is 18.4. The minimum atomic E-state index is -0.518. The smallest absolute Gasteiger partial charge is 0.257 e. The number of piperidine rings is 1. The van der Waals surface area contributed by atoms with Gasteiger partial charge in [0, 0.05) is 17.6 Å². The molecule has 156 valence electrons. The molecule has 10 heteroatoms. The number of aromatic nitrogens is 5. The van der Waals surface area contributed by atoms with Crippen molar-refractivity contribution in [1.82, 2.24) is 29.9 Å². The second-order valence-electron chi connectivity index (χ2n) is 7.92. The SMILES string of the molecule is O=C(c1cc(Cl)ccc1-n1nccn1)N1CC[C@@H]2C[C@@]21c1nc2cc(F)c(Br)cc2[nH]1. The number of fused-ring (bicyclic) bond motifs is 2. The number of halogens is 3.